The highest BCUT2D eigenvalue weighted by Gasteiger charge is 2.25. The van der Waals surface area contributed by atoms with Gasteiger partial charge in [-0.15, -0.1) is 0 Å². The Balaban J connectivity index is 2.15. The number of amides is 3. The number of nitrogens with one attached hydrogen (secondary N) is 3. The molecule has 0 aliphatic heterocycles. The fourth-order valence-electron chi connectivity index (χ4n) is 2.64. The van der Waals surface area contributed by atoms with Crippen LogP contribution in [0.4, 0.5) is 11.4 Å². The highest BCUT2D eigenvalue weighted by Crippen LogP contribution is 2.28. The first-order valence-corrected chi connectivity index (χ1v) is 8.94. The van der Waals surface area contributed by atoms with Crippen LogP contribution in [0.1, 0.15) is 31.1 Å². The Morgan fingerprint density at radius 1 is 0.964 bits per heavy atom. The van der Waals surface area contributed by atoms with E-state index in [-0.39, 0.29) is 23.6 Å². The first-order chi connectivity index (χ1) is 13.3. The Morgan fingerprint density at radius 3 is 2.21 bits per heavy atom. The molecule has 0 heterocycles. The number of methoxy groups -OCH3 is 1. The van der Waals surface area contributed by atoms with Gasteiger partial charge >= 0.3 is 0 Å². The van der Waals surface area contributed by atoms with E-state index >= 15 is 0 Å². The van der Waals surface area contributed by atoms with Gasteiger partial charge in [0.1, 0.15) is 11.8 Å². The average Bonchev–Trinajstić information content (AvgIpc) is 2.66. The summed E-state index contributed by atoms with van der Waals surface area (Å²) >= 11 is 0. The van der Waals surface area contributed by atoms with Crippen molar-refractivity contribution in [3.8, 4) is 5.75 Å². The number of carbonyl (C=O) groups is 3. The standard InChI is InChI=1S/C21H25N3O4/c1-13(2)19(24-20(26)15-8-6-5-7-9-15)21(27)23-16-10-11-18(28-4)17(12-16)22-14(3)25/h5-13,19H,1-4H3,(H,22,25)(H,23,27)(H,24,26). The fraction of sp³-hybridized carbons (Fsp3) is 0.286. The topological polar surface area (TPSA) is 96.5 Å². The lowest BCUT2D eigenvalue weighted by Crippen LogP contribution is -2.47. The molecule has 0 bridgehead atoms. The van der Waals surface area contributed by atoms with Crippen LogP contribution in [0.3, 0.4) is 0 Å². The number of rotatable bonds is 7. The summed E-state index contributed by atoms with van der Waals surface area (Å²) in [6, 6.07) is 12.9. The van der Waals surface area contributed by atoms with E-state index in [0.29, 0.717) is 22.7 Å². The van der Waals surface area contributed by atoms with Gasteiger partial charge in [0.15, 0.2) is 0 Å². The summed E-state index contributed by atoms with van der Waals surface area (Å²) in [6.45, 7) is 5.09. The molecule has 1 unspecified atom stereocenters. The number of hydrogen-bond donors (Lipinski definition) is 3. The van der Waals surface area contributed by atoms with Crippen LogP contribution in [0.2, 0.25) is 0 Å². The third-order valence-electron chi connectivity index (χ3n) is 4.05. The summed E-state index contributed by atoms with van der Waals surface area (Å²) < 4.78 is 5.21. The minimum atomic E-state index is -0.723. The molecule has 3 N–H and O–H groups in total. The van der Waals surface area contributed by atoms with Gasteiger partial charge in [0.05, 0.1) is 12.8 Å². The zero-order valence-electron chi connectivity index (χ0n) is 16.4. The van der Waals surface area contributed by atoms with Gasteiger partial charge in [-0.25, -0.2) is 0 Å². The number of anilines is 2. The van der Waals surface area contributed by atoms with Gasteiger partial charge in [-0.2, -0.15) is 0 Å². The van der Waals surface area contributed by atoms with Crippen molar-refractivity contribution in [2.24, 2.45) is 5.92 Å². The van der Waals surface area contributed by atoms with Crippen molar-refractivity contribution in [1.82, 2.24) is 5.32 Å². The molecule has 2 aromatic carbocycles. The Kier molecular flexibility index (Phi) is 7.14. The van der Waals surface area contributed by atoms with Crippen LogP contribution in [0.5, 0.6) is 5.75 Å². The van der Waals surface area contributed by atoms with E-state index in [2.05, 4.69) is 16.0 Å². The van der Waals surface area contributed by atoms with Crippen LogP contribution in [0.15, 0.2) is 48.5 Å². The molecule has 7 nitrogen and oxygen atoms in total. The van der Waals surface area contributed by atoms with E-state index < -0.39 is 6.04 Å². The number of ether oxygens (including phenoxy) is 1. The van der Waals surface area contributed by atoms with E-state index in [1.807, 2.05) is 19.9 Å². The first kappa shape index (κ1) is 21.0. The summed E-state index contributed by atoms with van der Waals surface area (Å²) in [5.74, 6) is -0.565. The Bertz CT molecular complexity index is 850. The Morgan fingerprint density at radius 2 is 1.64 bits per heavy atom. The van der Waals surface area contributed by atoms with Crippen molar-refractivity contribution in [1.29, 1.82) is 0 Å². The van der Waals surface area contributed by atoms with Gasteiger partial charge in [-0.05, 0) is 36.2 Å². The summed E-state index contributed by atoms with van der Waals surface area (Å²) in [5.41, 5.74) is 1.41. The number of benzene rings is 2. The molecule has 28 heavy (non-hydrogen) atoms. The van der Waals surface area contributed by atoms with Gasteiger partial charge < -0.3 is 20.7 Å². The van der Waals surface area contributed by atoms with Gasteiger partial charge in [0.2, 0.25) is 11.8 Å². The average molecular weight is 383 g/mol. The van der Waals surface area contributed by atoms with Gasteiger partial charge in [0.25, 0.3) is 5.91 Å². The maximum Gasteiger partial charge on any atom is 0.251 e. The molecule has 148 valence electrons. The third kappa shape index (κ3) is 5.57. The van der Waals surface area contributed by atoms with Crippen molar-refractivity contribution in [3.63, 3.8) is 0 Å². The number of hydrogen-bond acceptors (Lipinski definition) is 4. The summed E-state index contributed by atoms with van der Waals surface area (Å²) in [7, 11) is 1.49. The third-order valence-corrected chi connectivity index (χ3v) is 4.05. The van der Waals surface area contributed by atoms with Gasteiger partial charge in [-0.3, -0.25) is 14.4 Å². The quantitative estimate of drug-likeness (QED) is 0.685. The zero-order valence-corrected chi connectivity index (χ0v) is 16.4. The summed E-state index contributed by atoms with van der Waals surface area (Å²) in [6.07, 6.45) is 0. The highest BCUT2D eigenvalue weighted by atomic mass is 16.5. The highest BCUT2D eigenvalue weighted by molar-refractivity contribution is 6.02. The van der Waals surface area contributed by atoms with Crippen LogP contribution in [0, 0.1) is 5.92 Å². The summed E-state index contributed by atoms with van der Waals surface area (Å²) in [5, 5.41) is 8.22. The van der Waals surface area contributed by atoms with Crippen molar-refractivity contribution < 1.29 is 19.1 Å². The SMILES string of the molecule is COc1ccc(NC(=O)C(NC(=O)c2ccccc2)C(C)C)cc1NC(C)=O. The predicted molar refractivity (Wildman–Crippen MR) is 108 cm³/mol. The molecule has 0 spiro atoms. The molecule has 1 atom stereocenters. The zero-order chi connectivity index (χ0) is 20.7. The van der Waals surface area contributed by atoms with E-state index in [4.69, 9.17) is 4.74 Å². The molecule has 0 aliphatic carbocycles. The molecule has 7 heteroatoms. The lowest BCUT2D eigenvalue weighted by atomic mass is 10.0. The monoisotopic (exact) mass is 383 g/mol. The molecule has 3 amide bonds. The molecular formula is C21H25N3O4. The lowest BCUT2D eigenvalue weighted by Gasteiger charge is -2.22. The van der Waals surface area contributed by atoms with Gasteiger partial charge in [-0.1, -0.05) is 32.0 Å². The van der Waals surface area contributed by atoms with Crippen molar-refractivity contribution in [2.45, 2.75) is 26.8 Å². The smallest absolute Gasteiger partial charge is 0.251 e. The number of carbonyl (C=O) groups excluding carboxylic acids is 3. The second kappa shape index (κ2) is 9.55. The fourth-order valence-corrected chi connectivity index (χ4v) is 2.64. The molecule has 0 saturated heterocycles. The molecule has 0 radical (unpaired) electrons. The molecule has 2 aromatic rings. The lowest BCUT2D eigenvalue weighted by molar-refractivity contribution is -0.119. The predicted octanol–water partition coefficient (Wildman–Crippen LogP) is 3.05. The molecular weight excluding hydrogens is 358 g/mol. The molecule has 0 aromatic heterocycles. The Labute approximate surface area is 164 Å². The largest absolute Gasteiger partial charge is 0.495 e. The molecule has 0 aliphatic rings. The van der Waals surface area contributed by atoms with E-state index in [9.17, 15) is 14.4 Å². The Hall–Kier alpha value is -3.35. The molecule has 0 fully saturated rings. The van der Waals surface area contributed by atoms with Gasteiger partial charge in [0, 0.05) is 18.2 Å². The minimum Gasteiger partial charge on any atom is -0.495 e. The van der Waals surface area contributed by atoms with E-state index in [0.717, 1.165) is 0 Å². The van der Waals surface area contributed by atoms with Crippen LogP contribution in [0.25, 0.3) is 0 Å². The van der Waals surface area contributed by atoms with Crippen molar-refractivity contribution in [3.05, 3.63) is 54.1 Å². The second-order valence-electron chi connectivity index (χ2n) is 6.65. The first-order valence-electron chi connectivity index (χ1n) is 8.94. The minimum absolute atomic E-state index is 0.124. The molecule has 2 rings (SSSR count). The van der Waals surface area contributed by atoms with E-state index in [1.54, 1.807) is 42.5 Å². The second-order valence-corrected chi connectivity index (χ2v) is 6.65. The molecule has 0 saturated carbocycles. The summed E-state index contributed by atoms with van der Waals surface area (Å²) in [4.78, 5) is 36.6. The van der Waals surface area contributed by atoms with Crippen LogP contribution in [-0.2, 0) is 9.59 Å². The maximum atomic E-state index is 12.8. The van der Waals surface area contributed by atoms with Crippen LogP contribution >= 0.6 is 0 Å². The van der Waals surface area contributed by atoms with Crippen LogP contribution in [-0.4, -0.2) is 30.9 Å². The van der Waals surface area contributed by atoms with Crippen molar-refractivity contribution >= 4 is 29.1 Å². The van der Waals surface area contributed by atoms with Crippen molar-refractivity contribution in [2.75, 3.05) is 17.7 Å². The maximum absolute atomic E-state index is 12.8. The van der Waals surface area contributed by atoms with E-state index in [1.165, 1.54) is 14.0 Å². The normalized spacial score (nSPS) is 11.5. The van der Waals surface area contributed by atoms with Crippen LogP contribution < -0.4 is 20.7 Å².